The van der Waals surface area contributed by atoms with Crippen molar-refractivity contribution in [3.8, 4) is 22.3 Å². The van der Waals surface area contributed by atoms with E-state index >= 15 is 0 Å². The first-order valence-electron chi connectivity index (χ1n) is 17.2. The summed E-state index contributed by atoms with van der Waals surface area (Å²) < 4.78 is 28.3. The molecule has 0 saturated carbocycles. The first-order chi connectivity index (χ1) is 23.6. The maximum absolute atomic E-state index is 14.2. The highest BCUT2D eigenvalue weighted by molar-refractivity contribution is 7.13. The van der Waals surface area contributed by atoms with Crippen LogP contribution >= 0.6 is 11.3 Å². The first-order valence-corrected chi connectivity index (χ1v) is 18.1. The zero-order valence-electron chi connectivity index (χ0n) is 28.1. The van der Waals surface area contributed by atoms with Gasteiger partial charge in [-0.1, -0.05) is 30.0 Å². The highest BCUT2D eigenvalue weighted by atomic mass is 32.1. The van der Waals surface area contributed by atoms with Crippen LogP contribution in [0, 0.1) is 30.6 Å². The van der Waals surface area contributed by atoms with Crippen molar-refractivity contribution in [1.29, 1.82) is 0 Å². The lowest BCUT2D eigenvalue weighted by atomic mass is 9.93. The van der Waals surface area contributed by atoms with Gasteiger partial charge in [-0.3, -0.25) is 4.79 Å². The molecular formula is C38H45F2N5O3S. The number of thiophene rings is 1. The maximum atomic E-state index is 14.2. The van der Waals surface area contributed by atoms with E-state index in [1.807, 2.05) is 26.0 Å². The summed E-state index contributed by atoms with van der Waals surface area (Å²) in [5.41, 5.74) is 4.61. The van der Waals surface area contributed by atoms with E-state index in [0.717, 1.165) is 72.1 Å². The van der Waals surface area contributed by atoms with E-state index in [9.17, 15) is 18.4 Å². The minimum Gasteiger partial charge on any atom is -0.465 e. The number of amides is 2. The van der Waals surface area contributed by atoms with E-state index in [2.05, 4.69) is 56.3 Å². The molecule has 0 aliphatic carbocycles. The van der Waals surface area contributed by atoms with Crippen LogP contribution in [0.3, 0.4) is 0 Å². The predicted molar refractivity (Wildman–Crippen MR) is 190 cm³/mol. The van der Waals surface area contributed by atoms with E-state index in [0.29, 0.717) is 17.2 Å². The Morgan fingerprint density at radius 2 is 1.88 bits per heavy atom. The minimum absolute atomic E-state index is 0.148. The molecule has 3 saturated heterocycles. The Morgan fingerprint density at radius 3 is 2.57 bits per heavy atom. The molecule has 3 aliphatic rings. The minimum atomic E-state index is -3.45. The lowest BCUT2D eigenvalue weighted by molar-refractivity contribution is -0.101. The van der Waals surface area contributed by atoms with Gasteiger partial charge in [-0.15, -0.1) is 11.3 Å². The van der Waals surface area contributed by atoms with Crippen LogP contribution in [0.25, 0.3) is 10.4 Å². The van der Waals surface area contributed by atoms with Crippen molar-refractivity contribution >= 4 is 29.0 Å². The average Bonchev–Trinajstić information content (AvgIpc) is 3.73. The van der Waals surface area contributed by atoms with Gasteiger partial charge in [0.2, 0.25) is 0 Å². The molecule has 3 aliphatic heterocycles. The molecule has 11 heteroatoms. The highest BCUT2D eigenvalue weighted by Gasteiger charge is 2.49. The van der Waals surface area contributed by atoms with Gasteiger partial charge in [-0.05, 0) is 118 Å². The van der Waals surface area contributed by atoms with Crippen LogP contribution in [-0.4, -0.2) is 78.3 Å². The number of halogens is 2. The third-order valence-electron chi connectivity index (χ3n) is 10.0. The number of hydrogen-bond donors (Lipinski definition) is 4. The summed E-state index contributed by atoms with van der Waals surface area (Å²) in [5.74, 6) is 8.00. The molecule has 8 nitrogen and oxygen atoms in total. The number of likely N-dealkylation sites (tertiary alicyclic amines) is 2. The molecular weight excluding hydrogens is 645 g/mol. The molecule has 0 bridgehead atoms. The van der Waals surface area contributed by atoms with Crippen LogP contribution in [0.4, 0.5) is 19.3 Å². The van der Waals surface area contributed by atoms with Gasteiger partial charge < -0.3 is 26.0 Å². The molecule has 49 heavy (non-hydrogen) atoms. The topological polar surface area (TPSA) is 96.9 Å². The lowest BCUT2D eigenvalue weighted by Crippen LogP contribution is -2.40. The van der Waals surface area contributed by atoms with Crippen LogP contribution in [0.15, 0.2) is 53.9 Å². The van der Waals surface area contributed by atoms with Crippen molar-refractivity contribution in [3.63, 3.8) is 0 Å². The zero-order valence-corrected chi connectivity index (χ0v) is 28.9. The molecule has 3 aromatic rings. The van der Waals surface area contributed by atoms with Crippen LogP contribution in [0.1, 0.15) is 72.1 Å². The van der Waals surface area contributed by atoms with E-state index in [4.69, 9.17) is 5.11 Å². The van der Waals surface area contributed by atoms with Crippen LogP contribution < -0.4 is 16.0 Å². The summed E-state index contributed by atoms with van der Waals surface area (Å²) in [6.45, 7) is 9.11. The monoisotopic (exact) mass is 689 g/mol. The number of nitrogens with zero attached hydrogens (tertiary/aromatic N) is 2. The predicted octanol–water partition coefficient (Wildman–Crippen LogP) is 7.03. The Kier molecular flexibility index (Phi) is 10.9. The molecule has 1 unspecified atom stereocenters. The number of rotatable bonds is 8. The maximum Gasteiger partial charge on any atom is 0.411 e. The van der Waals surface area contributed by atoms with Gasteiger partial charge in [0.05, 0.1) is 25.0 Å². The molecule has 2 aromatic carbocycles. The van der Waals surface area contributed by atoms with E-state index in [1.165, 1.54) is 19.4 Å². The fraction of sp³-hybridized carbons (Fsp3) is 0.474. The number of hydrogen-bond acceptors (Lipinski definition) is 6. The number of aryl methyl sites for hydroxylation is 1. The van der Waals surface area contributed by atoms with Crippen molar-refractivity contribution in [1.82, 2.24) is 20.4 Å². The Labute approximate surface area is 291 Å². The molecule has 2 amide bonds. The molecule has 1 aromatic heterocycles. The van der Waals surface area contributed by atoms with Gasteiger partial charge in [0.1, 0.15) is 0 Å². The fourth-order valence-corrected chi connectivity index (χ4v) is 7.89. The second kappa shape index (κ2) is 15.3. The van der Waals surface area contributed by atoms with Crippen LogP contribution in [0.5, 0.6) is 0 Å². The number of carbonyl (C=O) groups is 2. The fourth-order valence-electron chi connectivity index (χ4n) is 7.13. The highest BCUT2D eigenvalue weighted by Crippen LogP contribution is 2.35. The summed E-state index contributed by atoms with van der Waals surface area (Å²) in [7, 11) is 0. The summed E-state index contributed by atoms with van der Waals surface area (Å²) in [4.78, 5) is 28.6. The van der Waals surface area contributed by atoms with Crippen LogP contribution in [-0.2, 0) is 0 Å². The largest absolute Gasteiger partial charge is 0.465 e. The molecule has 3 fully saturated rings. The normalized spacial score (nSPS) is 20.7. The zero-order chi connectivity index (χ0) is 34.5. The first kappa shape index (κ1) is 34.9. The summed E-state index contributed by atoms with van der Waals surface area (Å²) in [5, 5.41) is 20.7. The average molecular weight is 690 g/mol. The molecule has 0 spiro atoms. The van der Waals surface area contributed by atoms with Gasteiger partial charge >= 0.3 is 12.1 Å². The lowest BCUT2D eigenvalue weighted by Gasteiger charge is -2.34. The number of piperidine rings is 2. The van der Waals surface area contributed by atoms with E-state index < -0.39 is 24.6 Å². The summed E-state index contributed by atoms with van der Waals surface area (Å²) >= 11 is 1.66. The van der Waals surface area contributed by atoms with Crippen molar-refractivity contribution in [2.45, 2.75) is 64.1 Å². The standard InChI is InChI=1S/C38H45F2N5O3S/c1-25-5-10-31(43-32-22-38(39,40)45(24-32)37(47)48)21-33(25)36(46)42-26(2)30-9-8-29(34(20-30)35-4-3-19-49-35)7-6-27-13-17-44(18-14-27)23-28-11-15-41-16-12-28/h3-5,8-10,19-21,26-28,32,41,43H,11-18,22-24H2,1-2H3,(H,42,46)(H,47,48)/t26-,32?/m1/s1. The molecule has 2 atom stereocenters. The summed E-state index contributed by atoms with van der Waals surface area (Å²) in [6, 6.07) is 10.9. The number of benzene rings is 2. The SMILES string of the molecule is Cc1ccc(NC2CN(C(=O)O)C(F)(F)C2)cc1C(=O)N[C@H](C)c1ccc(C#CC2CCN(CC3CCNCC3)CC2)c(-c2cccs2)c1. The molecule has 4 N–H and O–H groups in total. The Balaban J connectivity index is 1.11. The number of nitrogens with one attached hydrogen (secondary N) is 3. The molecule has 260 valence electrons. The Bertz CT molecular complexity index is 1690. The van der Waals surface area contributed by atoms with Crippen molar-refractivity contribution < 1.29 is 23.5 Å². The number of carboxylic acid groups (broad SMARTS) is 1. The van der Waals surface area contributed by atoms with Gasteiger partial charge in [-0.2, -0.15) is 8.78 Å². The second-order valence-corrected chi connectivity index (χ2v) is 14.6. The molecule has 0 radical (unpaired) electrons. The smallest absolute Gasteiger partial charge is 0.411 e. The summed E-state index contributed by atoms with van der Waals surface area (Å²) in [6.07, 6.45) is 2.44. The van der Waals surface area contributed by atoms with E-state index in [-0.39, 0.29) is 23.4 Å². The van der Waals surface area contributed by atoms with Crippen LogP contribution in [0.2, 0.25) is 0 Å². The third kappa shape index (κ3) is 8.61. The van der Waals surface area contributed by atoms with Gasteiger partial charge in [0, 0.05) is 39.7 Å². The Hall–Kier alpha value is -3.98. The number of carbonyl (C=O) groups excluding carboxylic acids is 1. The van der Waals surface area contributed by atoms with Gasteiger partial charge in [0.25, 0.3) is 5.91 Å². The van der Waals surface area contributed by atoms with Crippen molar-refractivity contribution in [3.05, 3.63) is 76.2 Å². The van der Waals surface area contributed by atoms with E-state index in [1.54, 1.807) is 29.5 Å². The van der Waals surface area contributed by atoms with Gasteiger partial charge in [0.15, 0.2) is 0 Å². The quantitative estimate of drug-likeness (QED) is 0.150. The number of anilines is 1. The molecule has 6 rings (SSSR count). The second-order valence-electron chi connectivity index (χ2n) is 13.6. The Morgan fingerprint density at radius 1 is 1.10 bits per heavy atom. The van der Waals surface area contributed by atoms with Crippen molar-refractivity contribution in [2.24, 2.45) is 11.8 Å². The van der Waals surface area contributed by atoms with Crippen molar-refractivity contribution in [2.75, 3.05) is 44.6 Å². The number of alkyl halides is 2. The molecule has 4 heterocycles. The van der Waals surface area contributed by atoms with Gasteiger partial charge in [-0.25, -0.2) is 9.69 Å². The third-order valence-corrected chi connectivity index (χ3v) is 10.9.